The number of ether oxygens (including phenoxy) is 1. The van der Waals surface area contributed by atoms with E-state index in [1.807, 2.05) is 6.07 Å². The van der Waals surface area contributed by atoms with Gasteiger partial charge in [-0.2, -0.15) is 5.26 Å². The molecule has 0 fully saturated rings. The zero-order valence-electron chi connectivity index (χ0n) is 17.2. The van der Waals surface area contributed by atoms with Gasteiger partial charge in [0, 0.05) is 20.1 Å². The number of nitrogens with two attached hydrogens (primary N) is 1. The molecule has 1 aromatic heterocycles. The molecule has 11 heteroatoms. The topological polar surface area (TPSA) is 98.1 Å². The van der Waals surface area contributed by atoms with Crippen LogP contribution in [-0.4, -0.2) is 17.6 Å². The molecule has 4 rings (SSSR count). The lowest BCUT2D eigenvalue weighted by molar-refractivity contribution is -0.136. The van der Waals surface area contributed by atoms with Crippen molar-refractivity contribution in [2.75, 3.05) is 7.11 Å². The average molecular weight is 609 g/mol. The second-order valence-corrected chi connectivity index (χ2v) is 10.00. The number of esters is 1. The summed E-state index contributed by atoms with van der Waals surface area (Å²) in [7, 11) is 1.12. The molecule has 0 radical (unpaired) electrons. The molecule has 0 aliphatic carbocycles. The number of aromatic nitrogens is 1. The minimum atomic E-state index is -1.22. The molecule has 6 nitrogen and oxygen atoms in total. The van der Waals surface area contributed by atoms with Crippen LogP contribution in [0.3, 0.4) is 0 Å². The van der Waals surface area contributed by atoms with Crippen LogP contribution >= 0.6 is 43.2 Å². The SMILES string of the molecule is COC(=O)C1=C(N)n2c(s/c(=C\c3cc(Br)ccc3F)c2=O)=C(C#N)[C@@H]1c1cc(Br)ccc1F. The summed E-state index contributed by atoms with van der Waals surface area (Å²) in [5.74, 6) is -3.66. The van der Waals surface area contributed by atoms with Crippen LogP contribution in [0, 0.1) is 23.0 Å². The Hall–Kier alpha value is -3.07. The van der Waals surface area contributed by atoms with E-state index in [-0.39, 0.29) is 37.3 Å². The minimum absolute atomic E-state index is 0.00457. The second kappa shape index (κ2) is 9.29. The number of hydrogen-bond acceptors (Lipinski definition) is 6. The predicted octanol–water partition coefficient (Wildman–Crippen LogP) is 3.31. The van der Waals surface area contributed by atoms with E-state index in [1.54, 1.807) is 0 Å². The molecular formula is C23H13Br2F2N3O3S. The number of hydrogen-bond donors (Lipinski definition) is 1. The van der Waals surface area contributed by atoms with Crippen molar-refractivity contribution in [2.45, 2.75) is 5.92 Å². The lowest BCUT2D eigenvalue weighted by atomic mass is 9.83. The first kappa shape index (κ1) is 24.1. The zero-order valence-corrected chi connectivity index (χ0v) is 21.2. The summed E-state index contributed by atoms with van der Waals surface area (Å²) in [5, 5.41) is 10.0. The first-order valence-electron chi connectivity index (χ1n) is 9.54. The Labute approximate surface area is 212 Å². The fourth-order valence-corrected chi connectivity index (χ4v) is 5.55. The second-order valence-electron chi connectivity index (χ2n) is 7.14. The Morgan fingerprint density at radius 3 is 2.50 bits per heavy atom. The predicted molar refractivity (Wildman–Crippen MR) is 131 cm³/mol. The largest absolute Gasteiger partial charge is 0.466 e. The van der Waals surface area contributed by atoms with Crippen LogP contribution in [0.5, 0.6) is 0 Å². The summed E-state index contributed by atoms with van der Waals surface area (Å²) < 4.78 is 36.4. The van der Waals surface area contributed by atoms with E-state index in [2.05, 4.69) is 31.9 Å². The fraction of sp³-hybridized carbons (Fsp3) is 0.0870. The van der Waals surface area contributed by atoms with Crippen LogP contribution < -0.4 is 20.5 Å². The van der Waals surface area contributed by atoms with Gasteiger partial charge in [0.05, 0.1) is 34.8 Å². The van der Waals surface area contributed by atoms with E-state index < -0.39 is 29.1 Å². The van der Waals surface area contributed by atoms with Gasteiger partial charge in [0.1, 0.15) is 22.1 Å². The summed E-state index contributed by atoms with van der Waals surface area (Å²) in [6.45, 7) is 0. The number of carbonyl (C=O) groups excluding carboxylic acids is 1. The maximum absolute atomic E-state index is 14.9. The fourth-order valence-electron chi connectivity index (χ4n) is 3.68. The molecule has 0 saturated heterocycles. The number of halogens is 4. The van der Waals surface area contributed by atoms with Crippen molar-refractivity contribution in [1.29, 1.82) is 5.26 Å². The van der Waals surface area contributed by atoms with Crippen LogP contribution in [0.2, 0.25) is 0 Å². The Balaban J connectivity index is 2.13. The van der Waals surface area contributed by atoms with E-state index in [4.69, 9.17) is 10.5 Å². The molecule has 0 unspecified atom stereocenters. The van der Waals surface area contributed by atoms with Crippen LogP contribution in [0.1, 0.15) is 17.0 Å². The number of carbonyl (C=O) groups is 1. The number of benzene rings is 2. The van der Waals surface area contributed by atoms with Gasteiger partial charge in [0.2, 0.25) is 0 Å². The van der Waals surface area contributed by atoms with Gasteiger partial charge < -0.3 is 10.5 Å². The normalized spacial score (nSPS) is 15.8. The van der Waals surface area contributed by atoms with E-state index >= 15 is 0 Å². The number of methoxy groups -OCH3 is 1. The highest BCUT2D eigenvalue weighted by Crippen LogP contribution is 2.38. The highest BCUT2D eigenvalue weighted by atomic mass is 79.9. The van der Waals surface area contributed by atoms with Gasteiger partial charge in [-0.1, -0.05) is 31.9 Å². The smallest absolute Gasteiger partial charge is 0.338 e. The van der Waals surface area contributed by atoms with Gasteiger partial charge in [-0.3, -0.25) is 9.36 Å². The number of thiazole rings is 1. The highest BCUT2D eigenvalue weighted by Gasteiger charge is 2.37. The molecule has 172 valence electrons. The van der Waals surface area contributed by atoms with Gasteiger partial charge in [-0.05, 0) is 42.5 Å². The zero-order chi connectivity index (χ0) is 24.7. The van der Waals surface area contributed by atoms with Crippen molar-refractivity contribution in [3.63, 3.8) is 0 Å². The van der Waals surface area contributed by atoms with Crippen molar-refractivity contribution < 1.29 is 18.3 Å². The molecule has 0 spiro atoms. The standard InChI is InChI=1S/C23H13Br2F2N3O3S/c1-33-23(32)19-18(13-8-12(25)3-5-16(13)27)14(9-28)22-30(20(19)29)21(31)17(34-22)7-10-6-11(24)2-4-15(10)26/h2-8,18H,29H2,1H3/b17-7-/t18-/m0/s1. The Morgan fingerprint density at radius 1 is 1.21 bits per heavy atom. The van der Waals surface area contributed by atoms with Gasteiger partial charge >= 0.3 is 5.97 Å². The summed E-state index contributed by atoms with van der Waals surface area (Å²) in [5.41, 5.74) is 5.43. The number of nitrogens with zero attached hydrogens (tertiary/aromatic N) is 2. The molecule has 2 aromatic carbocycles. The van der Waals surface area contributed by atoms with Crippen molar-refractivity contribution in [1.82, 2.24) is 4.57 Å². The first-order chi connectivity index (χ1) is 16.2. The number of rotatable bonds is 3. The monoisotopic (exact) mass is 607 g/mol. The third kappa shape index (κ3) is 4.02. The molecule has 3 aromatic rings. The van der Waals surface area contributed by atoms with Crippen LogP contribution in [0.25, 0.3) is 17.5 Å². The van der Waals surface area contributed by atoms with E-state index in [0.717, 1.165) is 23.0 Å². The van der Waals surface area contributed by atoms with E-state index in [9.17, 15) is 23.6 Å². The Bertz CT molecular complexity index is 1620. The third-order valence-corrected chi connectivity index (χ3v) is 7.28. The maximum Gasteiger partial charge on any atom is 0.338 e. The van der Waals surface area contributed by atoms with Gasteiger partial charge in [0.15, 0.2) is 0 Å². The Kier molecular flexibility index (Phi) is 6.58. The lowest BCUT2D eigenvalue weighted by Gasteiger charge is -2.25. The molecule has 1 aliphatic heterocycles. The van der Waals surface area contributed by atoms with Gasteiger partial charge in [-0.25, -0.2) is 13.6 Å². The average Bonchev–Trinajstić information content (AvgIpc) is 3.13. The number of fused-ring (bicyclic) bond motifs is 1. The van der Waals surface area contributed by atoms with Crippen LogP contribution in [0.15, 0.2) is 55.7 Å². The van der Waals surface area contributed by atoms with Gasteiger partial charge in [-0.15, -0.1) is 11.3 Å². The summed E-state index contributed by atoms with van der Waals surface area (Å²) in [4.78, 5) is 26.0. The Morgan fingerprint density at radius 2 is 1.85 bits per heavy atom. The maximum atomic E-state index is 14.9. The minimum Gasteiger partial charge on any atom is -0.466 e. The van der Waals surface area contributed by atoms with Crippen LogP contribution in [-0.2, 0) is 9.53 Å². The molecule has 0 saturated carbocycles. The quantitative estimate of drug-likeness (QED) is 0.460. The van der Waals surface area contributed by atoms with Crippen LogP contribution in [0.4, 0.5) is 8.78 Å². The molecule has 2 N–H and O–H groups in total. The van der Waals surface area contributed by atoms with E-state index in [1.165, 1.54) is 42.5 Å². The van der Waals surface area contributed by atoms with E-state index in [0.29, 0.717) is 8.95 Å². The molecule has 0 bridgehead atoms. The first-order valence-corrected chi connectivity index (χ1v) is 11.9. The van der Waals surface area contributed by atoms with Gasteiger partial charge in [0.25, 0.3) is 5.56 Å². The number of nitriles is 1. The van der Waals surface area contributed by atoms with Crippen molar-refractivity contribution in [2.24, 2.45) is 5.73 Å². The van der Waals surface area contributed by atoms with Crippen molar-refractivity contribution in [3.8, 4) is 6.07 Å². The molecule has 1 aliphatic rings. The summed E-state index contributed by atoms with van der Waals surface area (Å²) >= 11 is 7.42. The summed E-state index contributed by atoms with van der Waals surface area (Å²) in [6.07, 6.45) is 1.33. The molecule has 2 heterocycles. The highest BCUT2D eigenvalue weighted by molar-refractivity contribution is 9.10. The summed E-state index contributed by atoms with van der Waals surface area (Å²) in [6, 6.07) is 10.3. The molecule has 0 amide bonds. The molecule has 34 heavy (non-hydrogen) atoms. The third-order valence-electron chi connectivity index (χ3n) is 5.19. The van der Waals surface area contributed by atoms with Crippen molar-refractivity contribution >= 4 is 66.6 Å². The molecule has 1 atom stereocenters. The lowest BCUT2D eigenvalue weighted by Crippen LogP contribution is -2.40. The van der Waals surface area contributed by atoms with Crippen molar-refractivity contribution in [3.05, 3.63) is 93.2 Å². The molecular weight excluding hydrogens is 596 g/mol.